The summed E-state index contributed by atoms with van der Waals surface area (Å²) in [5.74, 6) is 1.02. The Balaban J connectivity index is 1.36. The zero-order valence-electron chi connectivity index (χ0n) is 41.7. The molecule has 5 aromatic rings. The Bertz CT molecular complexity index is 2920. The first kappa shape index (κ1) is 51.5. The molecule has 0 radical (unpaired) electrons. The van der Waals surface area contributed by atoms with Crippen molar-refractivity contribution in [1.82, 2.24) is 15.5 Å². The predicted octanol–water partition coefficient (Wildman–Crippen LogP) is 6.92. The summed E-state index contributed by atoms with van der Waals surface area (Å²) in [5, 5.41) is 39.2. The number of aliphatic hydroxyl groups excluding tert-OH is 2. The maximum Gasteiger partial charge on any atom is 0.329 e. The van der Waals surface area contributed by atoms with Gasteiger partial charge in [-0.1, -0.05) is 148 Å². The van der Waals surface area contributed by atoms with E-state index in [-0.39, 0.29) is 36.8 Å². The molecular formula is C59H62N4O11. The van der Waals surface area contributed by atoms with Crippen LogP contribution in [0.1, 0.15) is 110 Å². The minimum atomic E-state index is -2.26. The number of fused-ring (bicyclic) bond motifs is 3. The van der Waals surface area contributed by atoms with Crippen molar-refractivity contribution in [3.8, 4) is 17.6 Å². The van der Waals surface area contributed by atoms with Gasteiger partial charge in [0.15, 0.2) is 0 Å². The van der Waals surface area contributed by atoms with Gasteiger partial charge in [0.2, 0.25) is 11.8 Å². The molecule has 0 unspecified atom stereocenters. The Morgan fingerprint density at radius 2 is 1.46 bits per heavy atom. The molecule has 3 heterocycles. The van der Waals surface area contributed by atoms with E-state index >= 15 is 19.2 Å². The lowest BCUT2D eigenvalue weighted by Crippen LogP contribution is -2.58. The fraction of sp³-hybridized carbons (Fsp3) is 0.373. The number of cyclic esters (lactones) is 1. The van der Waals surface area contributed by atoms with E-state index in [0.717, 1.165) is 30.6 Å². The number of para-hydroxylation sites is 1. The predicted molar refractivity (Wildman–Crippen MR) is 274 cm³/mol. The van der Waals surface area contributed by atoms with Gasteiger partial charge in [0, 0.05) is 17.7 Å². The summed E-state index contributed by atoms with van der Waals surface area (Å²) in [7, 11) is 1.20. The Kier molecular flexibility index (Phi) is 15.3. The minimum absolute atomic E-state index is 0.0450. The highest BCUT2D eigenvalue weighted by atomic mass is 16.6. The van der Waals surface area contributed by atoms with Crippen LogP contribution in [0.4, 0.5) is 10.5 Å². The number of imide groups is 1. The maximum absolute atomic E-state index is 16.8. The quantitative estimate of drug-likeness (QED) is 0.0464. The molecule has 384 valence electrons. The molecule has 3 fully saturated rings. The molecular weight excluding hydrogens is 941 g/mol. The summed E-state index contributed by atoms with van der Waals surface area (Å²) in [5.41, 5.74) is -0.876. The molecule has 0 aromatic heterocycles. The minimum Gasteiger partial charge on any atom is -0.491 e. The molecule has 5 N–H and O–H groups in total. The Labute approximate surface area is 430 Å². The van der Waals surface area contributed by atoms with Crippen LogP contribution in [0.2, 0.25) is 0 Å². The highest BCUT2D eigenvalue weighted by Crippen LogP contribution is 2.66. The van der Waals surface area contributed by atoms with E-state index < -0.39 is 89.0 Å². The van der Waals surface area contributed by atoms with E-state index in [1.807, 2.05) is 65.6 Å². The molecule has 9 rings (SSSR count). The van der Waals surface area contributed by atoms with Crippen LogP contribution in [-0.2, 0) is 34.1 Å². The molecule has 4 aliphatic rings. The smallest absolute Gasteiger partial charge is 0.329 e. The zero-order valence-corrected chi connectivity index (χ0v) is 41.7. The van der Waals surface area contributed by atoms with Crippen molar-refractivity contribution < 1.29 is 53.5 Å². The number of nitrogens with zero attached hydrogens (tertiary/aromatic N) is 2. The summed E-state index contributed by atoms with van der Waals surface area (Å²) < 4.78 is 18.0. The summed E-state index contributed by atoms with van der Waals surface area (Å²) >= 11 is 0. The molecule has 3 aliphatic heterocycles. The van der Waals surface area contributed by atoms with Gasteiger partial charge in [0.25, 0.3) is 0 Å². The molecule has 74 heavy (non-hydrogen) atoms. The number of nitrogens with one attached hydrogen (secondary N) is 2. The van der Waals surface area contributed by atoms with Gasteiger partial charge in [-0.3, -0.25) is 19.3 Å². The number of hydrogen-bond donors (Lipinski definition) is 5. The van der Waals surface area contributed by atoms with Crippen LogP contribution in [0, 0.1) is 23.7 Å². The molecule has 4 amide bonds. The number of morpholine rings is 1. The number of rotatable bonds is 13. The van der Waals surface area contributed by atoms with Crippen LogP contribution in [0.15, 0.2) is 133 Å². The molecule has 0 bridgehead atoms. The summed E-state index contributed by atoms with van der Waals surface area (Å²) in [6.45, 7) is 2.56. The second-order valence-electron chi connectivity index (χ2n) is 19.8. The van der Waals surface area contributed by atoms with Crippen molar-refractivity contribution in [2.24, 2.45) is 11.8 Å². The highest BCUT2D eigenvalue weighted by molar-refractivity contribution is 6.25. The number of urea groups is 1. The average molecular weight is 1000 g/mol. The molecule has 5 aromatic carbocycles. The van der Waals surface area contributed by atoms with Crippen molar-refractivity contribution in [3.05, 3.63) is 167 Å². The number of aliphatic hydroxyl groups is 3. The number of amides is 4. The number of carbonyl (C=O) groups excluding carboxylic acids is 5. The number of benzene rings is 5. The Morgan fingerprint density at radius 1 is 0.824 bits per heavy atom. The van der Waals surface area contributed by atoms with Gasteiger partial charge in [-0.2, -0.15) is 0 Å². The standard InChI is InChI=1S/C59H62N4O11/c1-37(2)48(54(67)72-3)61-57(70)62-44-28-27-38(29-32-58(71)30-17-4-5-18-31-58)35-43(44)59(56(62)69)47(53(66)60-36-45(65)39-19-9-6-10-20-39)50-55(68)74-51(41-23-13-8-14-24-41)49(40-21-11-7-12-22-40)63(50)52(59)42-25-15-16-26-46(42)73-34-33-64/h6-16,19-28,35,37,45,47-52,64-65,71H,4-5,17-18,30-31,33-34,36H2,1-3H3,(H,60,66)(H,61,70)/t45-,47-,48-,49-,50-,51+,52+,59-/m0/s1. The van der Waals surface area contributed by atoms with Crippen molar-refractivity contribution >= 4 is 35.5 Å². The number of anilines is 1. The normalized spacial score (nSPS) is 23.8. The van der Waals surface area contributed by atoms with E-state index in [1.54, 1.807) is 86.6 Å². The van der Waals surface area contributed by atoms with Gasteiger partial charge in [0.1, 0.15) is 41.6 Å². The summed E-state index contributed by atoms with van der Waals surface area (Å²) in [4.78, 5) is 79.7. The average Bonchev–Trinajstić information content (AvgIpc) is 3.79. The molecule has 1 spiro atoms. The van der Waals surface area contributed by atoms with Crippen molar-refractivity contribution in [2.45, 2.75) is 99.8 Å². The zero-order chi connectivity index (χ0) is 52.1. The third kappa shape index (κ3) is 9.66. The number of methoxy groups -OCH3 is 1. The van der Waals surface area contributed by atoms with Crippen molar-refractivity contribution in [2.75, 3.05) is 31.8 Å². The molecule has 8 atom stereocenters. The van der Waals surface area contributed by atoms with Gasteiger partial charge in [-0.15, -0.1) is 0 Å². The number of ether oxygens (including phenoxy) is 3. The summed E-state index contributed by atoms with van der Waals surface area (Å²) in [6.07, 6.45) is 2.19. The monoisotopic (exact) mass is 1000 g/mol. The van der Waals surface area contributed by atoms with Crippen molar-refractivity contribution in [1.29, 1.82) is 0 Å². The number of hydrogen-bond acceptors (Lipinski definition) is 12. The lowest BCUT2D eigenvalue weighted by atomic mass is 9.65. The van der Waals surface area contributed by atoms with Crippen LogP contribution in [0.25, 0.3) is 0 Å². The second kappa shape index (κ2) is 22.0. The van der Waals surface area contributed by atoms with E-state index in [0.29, 0.717) is 40.7 Å². The first-order valence-electron chi connectivity index (χ1n) is 25.4. The SMILES string of the molecule is COC(=O)[C@@H](NC(=O)N1C(=O)[C@@]2(c3cc(C#CC4(O)CCCCCC4)ccc31)[C@H](C(=O)NC[C@H](O)c1ccccc1)[C@H]1C(=O)O[C@H](c3ccccc3)[C@H](c3ccccc3)N1[C@@H]2c1ccccc1OCCO)C(C)C. The topological polar surface area (TPSA) is 204 Å². The third-order valence-electron chi connectivity index (χ3n) is 14.9. The Morgan fingerprint density at radius 3 is 2.11 bits per heavy atom. The van der Waals surface area contributed by atoms with Gasteiger partial charge in [-0.25, -0.2) is 14.5 Å². The second-order valence-corrected chi connectivity index (χ2v) is 19.8. The van der Waals surface area contributed by atoms with Gasteiger partial charge in [-0.05, 0) is 78.1 Å². The van der Waals surface area contributed by atoms with Crippen LogP contribution >= 0.6 is 0 Å². The van der Waals surface area contributed by atoms with E-state index in [9.17, 15) is 20.1 Å². The first-order valence-corrected chi connectivity index (χ1v) is 25.4. The van der Waals surface area contributed by atoms with E-state index in [2.05, 4.69) is 22.5 Å². The third-order valence-corrected chi connectivity index (χ3v) is 14.9. The van der Waals surface area contributed by atoms with Gasteiger partial charge < -0.3 is 40.2 Å². The highest BCUT2D eigenvalue weighted by Gasteiger charge is 2.76. The maximum atomic E-state index is 16.8. The largest absolute Gasteiger partial charge is 0.491 e. The van der Waals surface area contributed by atoms with Crippen molar-refractivity contribution in [3.63, 3.8) is 0 Å². The number of esters is 2. The lowest BCUT2D eigenvalue weighted by molar-refractivity contribution is -0.178. The van der Waals surface area contributed by atoms with Gasteiger partial charge in [0.05, 0.1) is 43.5 Å². The summed E-state index contributed by atoms with van der Waals surface area (Å²) in [6, 6.07) is 32.9. The van der Waals surface area contributed by atoms with Crippen LogP contribution in [0.5, 0.6) is 5.75 Å². The van der Waals surface area contributed by atoms with Crippen LogP contribution in [0.3, 0.4) is 0 Å². The molecule has 1 aliphatic carbocycles. The molecule has 15 heteroatoms. The molecule has 15 nitrogen and oxygen atoms in total. The number of carbonyl (C=O) groups is 5. The molecule has 1 saturated carbocycles. The fourth-order valence-corrected chi connectivity index (χ4v) is 11.5. The van der Waals surface area contributed by atoms with E-state index in [1.165, 1.54) is 7.11 Å². The Hall–Kier alpha value is -7.35. The molecule has 2 saturated heterocycles. The first-order chi connectivity index (χ1) is 35.8. The fourth-order valence-electron chi connectivity index (χ4n) is 11.5. The van der Waals surface area contributed by atoms with Crippen LogP contribution < -0.4 is 20.3 Å². The van der Waals surface area contributed by atoms with Gasteiger partial charge >= 0.3 is 18.0 Å². The lowest BCUT2D eigenvalue weighted by Gasteiger charge is -2.46. The van der Waals surface area contributed by atoms with Crippen LogP contribution in [-0.4, -0.2) is 94.6 Å². The van der Waals surface area contributed by atoms with E-state index in [4.69, 9.17) is 14.2 Å².